The van der Waals surface area contributed by atoms with Gasteiger partial charge in [-0.2, -0.15) is 5.26 Å². The maximum absolute atomic E-state index is 12.1. The van der Waals surface area contributed by atoms with Gasteiger partial charge < -0.3 is 9.88 Å². The Kier molecular flexibility index (Phi) is 5.24. The van der Waals surface area contributed by atoms with Crippen molar-refractivity contribution in [1.29, 1.82) is 5.26 Å². The molecule has 1 unspecified atom stereocenters. The zero-order valence-corrected chi connectivity index (χ0v) is 14.0. The maximum atomic E-state index is 12.1. The van der Waals surface area contributed by atoms with E-state index in [9.17, 15) is 4.79 Å². The lowest BCUT2D eigenvalue weighted by Crippen LogP contribution is -2.36. The Morgan fingerprint density at radius 2 is 2.22 bits per heavy atom. The van der Waals surface area contributed by atoms with Crippen molar-refractivity contribution in [3.8, 4) is 6.07 Å². The van der Waals surface area contributed by atoms with Crippen LogP contribution in [-0.4, -0.2) is 28.5 Å². The highest BCUT2D eigenvalue weighted by molar-refractivity contribution is 5.95. The summed E-state index contributed by atoms with van der Waals surface area (Å²) in [5.41, 5.74) is 2.32. The molecule has 0 spiro atoms. The van der Waals surface area contributed by atoms with Gasteiger partial charge in [-0.3, -0.25) is 10.1 Å². The van der Waals surface area contributed by atoms with E-state index in [1.165, 1.54) is 6.42 Å². The Morgan fingerprint density at radius 3 is 2.78 bits per heavy atom. The number of hydrogen-bond donors (Lipinski definition) is 2. The van der Waals surface area contributed by atoms with Gasteiger partial charge in [0.2, 0.25) is 11.9 Å². The van der Waals surface area contributed by atoms with E-state index in [4.69, 9.17) is 5.26 Å². The van der Waals surface area contributed by atoms with Crippen LogP contribution in [0.5, 0.6) is 0 Å². The van der Waals surface area contributed by atoms with E-state index in [-0.39, 0.29) is 24.4 Å². The number of imidazole rings is 1. The summed E-state index contributed by atoms with van der Waals surface area (Å²) in [4.78, 5) is 16.7. The molecule has 1 fully saturated rings. The Bertz CT molecular complexity index is 760. The van der Waals surface area contributed by atoms with Gasteiger partial charge in [-0.25, -0.2) is 4.98 Å². The molecule has 23 heavy (non-hydrogen) atoms. The summed E-state index contributed by atoms with van der Waals surface area (Å²) >= 11 is 0. The third-order valence-electron chi connectivity index (χ3n) is 4.32. The number of anilines is 1. The van der Waals surface area contributed by atoms with Gasteiger partial charge >= 0.3 is 0 Å². The van der Waals surface area contributed by atoms with Crippen LogP contribution in [0.2, 0.25) is 0 Å². The van der Waals surface area contributed by atoms with E-state index in [1.54, 1.807) is 20.0 Å². The summed E-state index contributed by atoms with van der Waals surface area (Å²) in [6.07, 6.45) is 3.34. The smallest absolute Gasteiger partial charge is 0.243 e. The van der Waals surface area contributed by atoms with Crippen LogP contribution in [0, 0.1) is 11.3 Å². The van der Waals surface area contributed by atoms with Crippen molar-refractivity contribution in [3.63, 3.8) is 0 Å². The first kappa shape index (κ1) is 17.3. The molecule has 3 rings (SSSR count). The van der Waals surface area contributed by atoms with Crippen molar-refractivity contribution in [3.05, 3.63) is 23.8 Å². The number of nitriles is 1. The second kappa shape index (κ2) is 6.99. The van der Waals surface area contributed by atoms with E-state index in [1.807, 2.05) is 12.1 Å². The summed E-state index contributed by atoms with van der Waals surface area (Å²) in [5, 5.41) is 14.9. The molecule has 0 bridgehead atoms. The first-order valence-corrected chi connectivity index (χ1v) is 7.54. The molecule has 1 aromatic heterocycles. The molecule has 0 aliphatic heterocycles. The first-order chi connectivity index (χ1) is 10.6. The van der Waals surface area contributed by atoms with Crippen LogP contribution < -0.4 is 10.6 Å². The van der Waals surface area contributed by atoms with Gasteiger partial charge in [0.15, 0.2) is 0 Å². The molecule has 1 amide bonds. The van der Waals surface area contributed by atoms with Crippen molar-refractivity contribution in [2.75, 3.05) is 12.4 Å². The highest BCUT2D eigenvalue weighted by atomic mass is 35.5. The quantitative estimate of drug-likeness (QED) is 0.901. The van der Waals surface area contributed by atoms with Gasteiger partial charge in [0.25, 0.3) is 0 Å². The number of amides is 1. The highest BCUT2D eigenvalue weighted by Crippen LogP contribution is 2.37. The van der Waals surface area contributed by atoms with Crippen LogP contribution in [0.15, 0.2) is 18.2 Å². The van der Waals surface area contributed by atoms with E-state index in [2.05, 4.69) is 26.3 Å². The standard InChI is InChI=1S/C16H19N5O.ClH/c1-10(18-2)15(22)20-16-19-13-7-6-11(9-17)8-14(13)21(16)12-4-3-5-12;/h6-8,10,12,18H,3-5H2,1-2H3,(H,19,20,22);1H. The average Bonchev–Trinajstić information content (AvgIpc) is 2.82. The van der Waals surface area contributed by atoms with Crippen LogP contribution in [0.1, 0.15) is 37.8 Å². The lowest BCUT2D eigenvalue weighted by atomic mass is 9.92. The summed E-state index contributed by atoms with van der Waals surface area (Å²) < 4.78 is 2.07. The second-order valence-electron chi connectivity index (χ2n) is 5.71. The second-order valence-corrected chi connectivity index (χ2v) is 5.71. The largest absolute Gasteiger partial charge is 0.309 e. The molecule has 1 saturated carbocycles. The zero-order chi connectivity index (χ0) is 15.7. The molecule has 0 saturated heterocycles. The molecule has 0 radical (unpaired) electrons. The lowest BCUT2D eigenvalue weighted by molar-refractivity contribution is -0.117. The predicted molar refractivity (Wildman–Crippen MR) is 91.7 cm³/mol. The Morgan fingerprint density at radius 1 is 1.48 bits per heavy atom. The lowest BCUT2D eigenvalue weighted by Gasteiger charge is -2.29. The molecule has 7 heteroatoms. The molecule has 122 valence electrons. The SMILES string of the molecule is CNC(C)C(=O)Nc1nc2ccc(C#N)cc2n1C1CCC1.Cl. The zero-order valence-electron chi connectivity index (χ0n) is 13.2. The molecule has 2 aromatic rings. The number of likely N-dealkylation sites (N-methyl/N-ethyl adjacent to an activating group) is 1. The van der Waals surface area contributed by atoms with Gasteiger partial charge in [-0.1, -0.05) is 0 Å². The van der Waals surface area contributed by atoms with Crippen molar-refractivity contribution in [1.82, 2.24) is 14.9 Å². The summed E-state index contributed by atoms with van der Waals surface area (Å²) in [6.45, 7) is 1.81. The molecule has 1 heterocycles. The number of nitrogens with zero attached hydrogens (tertiary/aromatic N) is 3. The first-order valence-electron chi connectivity index (χ1n) is 7.54. The molecular formula is C16H20ClN5O. The van der Waals surface area contributed by atoms with Crippen molar-refractivity contribution in [2.24, 2.45) is 0 Å². The van der Waals surface area contributed by atoms with Gasteiger partial charge in [0.05, 0.1) is 28.7 Å². The molecule has 1 aromatic carbocycles. The van der Waals surface area contributed by atoms with Crippen LogP contribution >= 0.6 is 12.4 Å². The number of halogens is 1. The normalized spacial score (nSPS) is 15.3. The van der Waals surface area contributed by atoms with Crippen molar-refractivity contribution < 1.29 is 4.79 Å². The van der Waals surface area contributed by atoms with Gasteiger partial charge in [-0.05, 0) is 51.4 Å². The fourth-order valence-corrected chi connectivity index (χ4v) is 2.61. The van der Waals surface area contributed by atoms with Gasteiger partial charge in [-0.15, -0.1) is 12.4 Å². The highest BCUT2D eigenvalue weighted by Gasteiger charge is 2.26. The molecule has 1 atom stereocenters. The van der Waals surface area contributed by atoms with Gasteiger partial charge in [0.1, 0.15) is 0 Å². The monoisotopic (exact) mass is 333 g/mol. The molecule has 6 nitrogen and oxygen atoms in total. The fraction of sp³-hybridized carbons (Fsp3) is 0.438. The molecular weight excluding hydrogens is 314 g/mol. The summed E-state index contributed by atoms with van der Waals surface area (Å²) in [7, 11) is 1.75. The van der Waals surface area contributed by atoms with Gasteiger partial charge in [0, 0.05) is 6.04 Å². The third-order valence-corrected chi connectivity index (χ3v) is 4.32. The molecule has 2 N–H and O–H groups in total. The number of nitrogens with one attached hydrogen (secondary N) is 2. The molecule has 1 aliphatic carbocycles. The van der Waals surface area contributed by atoms with Crippen molar-refractivity contribution in [2.45, 2.75) is 38.3 Å². The number of rotatable bonds is 4. The fourth-order valence-electron chi connectivity index (χ4n) is 2.61. The summed E-state index contributed by atoms with van der Waals surface area (Å²) in [6, 6.07) is 7.65. The third kappa shape index (κ3) is 3.16. The van der Waals surface area contributed by atoms with Crippen LogP contribution in [-0.2, 0) is 4.79 Å². The Labute approximate surface area is 141 Å². The summed E-state index contributed by atoms with van der Waals surface area (Å²) in [5.74, 6) is 0.459. The van der Waals surface area contributed by atoms with E-state index in [0.717, 1.165) is 23.9 Å². The number of aromatic nitrogens is 2. The number of fused-ring (bicyclic) bond motifs is 1. The van der Waals surface area contributed by atoms with E-state index >= 15 is 0 Å². The average molecular weight is 334 g/mol. The minimum Gasteiger partial charge on any atom is -0.309 e. The predicted octanol–water partition coefficient (Wildman–Crippen LogP) is 2.60. The van der Waals surface area contributed by atoms with Crippen LogP contribution in [0.4, 0.5) is 5.95 Å². The topological polar surface area (TPSA) is 82.7 Å². The van der Waals surface area contributed by atoms with Crippen molar-refractivity contribution >= 4 is 35.3 Å². The van der Waals surface area contributed by atoms with E-state index < -0.39 is 0 Å². The number of carbonyl (C=O) groups excluding carboxylic acids is 1. The maximum Gasteiger partial charge on any atom is 0.243 e. The minimum absolute atomic E-state index is 0. The Balaban J connectivity index is 0.00000192. The van der Waals surface area contributed by atoms with Crippen LogP contribution in [0.25, 0.3) is 11.0 Å². The van der Waals surface area contributed by atoms with E-state index in [0.29, 0.717) is 17.6 Å². The van der Waals surface area contributed by atoms with Crippen LogP contribution in [0.3, 0.4) is 0 Å². The number of carbonyl (C=O) groups is 1. The molecule has 1 aliphatic rings. The minimum atomic E-state index is -0.288. The Hall–Kier alpha value is -2.10. The number of benzene rings is 1. The number of hydrogen-bond acceptors (Lipinski definition) is 4.